The smallest absolute Gasteiger partial charge is 0.153 e. The van der Waals surface area contributed by atoms with Crippen molar-refractivity contribution >= 4 is 29.0 Å². The Morgan fingerprint density at radius 3 is 2.57 bits per heavy atom. The number of aromatic nitrogens is 3. The molecule has 0 aliphatic heterocycles. The van der Waals surface area contributed by atoms with Crippen LogP contribution in [-0.4, -0.2) is 15.2 Å². The summed E-state index contributed by atoms with van der Waals surface area (Å²) in [7, 11) is 0. The SMILES string of the molecule is Nc1n[nH]c(-c2ccc(F)cn2)c1-c1ccc(Cl)c(Cl)c1. The Morgan fingerprint density at radius 2 is 1.90 bits per heavy atom. The molecule has 3 aromatic rings. The van der Waals surface area contributed by atoms with Crippen LogP contribution >= 0.6 is 23.2 Å². The summed E-state index contributed by atoms with van der Waals surface area (Å²) in [6, 6.07) is 8.01. The van der Waals surface area contributed by atoms with Crippen LogP contribution in [-0.2, 0) is 0 Å². The van der Waals surface area contributed by atoms with Gasteiger partial charge in [-0.3, -0.25) is 10.1 Å². The van der Waals surface area contributed by atoms with E-state index in [1.54, 1.807) is 24.3 Å². The molecule has 106 valence electrons. The molecule has 3 rings (SSSR count). The predicted octanol–water partition coefficient (Wildman–Crippen LogP) is 4.17. The molecule has 0 amide bonds. The highest BCUT2D eigenvalue weighted by molar-refractivity contribution is 6.42. The van der Waals surface area contributed by atoms with Gasteiger partial charge in [0.25, 0.3) is 0 Å². The lowest BCUT2D eigenvalue weighted by Crippen LogP contribution is -1.90. The van der Waals surface area contributed by atoms with Gasteiger partial charge < -0.3 is 5.73 Å². The van der Waals surface area contributed by atoms with Crippen LogP contribution in [0.3, 0.4) is 0 Å². The zero-order valence-electron chi connectivity index (χ0n) is 10.6. The summed E-state index contributed by atoms with van der Waals surface area (Å²) >= 11 is 11.9. The Bertz CT molecular complexity index is 799. The van der Waals surface area contributed by atoms with Crippen LogP contribution in [0.5, 0.6) is 0 Å². The number of hydrogen-bond acceptors (Lipinski definition) is 3. The largest absolute Gasteiger partial charge is 0.382 e. The van der Waals surface area contributed by atoms with Crippen LogP contribution in [0.4, 0.5) is 10.2 Å². The first-order valence-corrected chi connectivity index (χ1v) is 6.73. The molecular weight excluding hydrogens is 314 g/mol. The third-order valence-corrected chi connectivity index (χ3v) is 3.73. The fourth-order valence-electron chi connectivity index (χ4n) is 2.01. The van der Waals surface area contributed by atoms with Crippen molar-refractivity contribution in [3.63, 3.8) is 0 Å². The number of nitrogens with two attached hydrogens (primary N) is 1. The first kappa shape index (κ1) is 13.9. The molecule has 2 heterocycles. The van der Waals surface area contributed by atoms with Gasteiger partial charge in [0.1, 0.15) is 5.82 Å². The number of rotatable bonds is 2. The van der Waals surface area contributed by atoms with Crippen molar-refractivity contribution in [2.24, 2.45) is 0 Å². The lowest BCUT2D eigenvalue weighted by molar-refractivity contribution is 0.622. The number of pyridine rings is 1. The Hall–Kier alpha value is -2.11. The zero-order valence-corrected chi connectivity index (χ0v) is 12.1. The molecule has 0 saturated carbocycles. The van der Waals surface area contributed by atoms with Gasteiger partial charge >= 0.3 is 0 Å². The van der Waals surface area contributed by atoms with Gasteiger partial charge in [0.2, 0.25) is 0 Å². The van der Waals surface area contributed by atoms with E-state index < -0.39 is 5.82 Å². The number of benzene rings is 1. The van der Waals surface area contributed by atoms with E-state index in [0.29, 0.717) is 32.8 Å². The van der Waals surface area contributed by atoms with Gasteiger partial charge in [-0.15, -0.1) is 0 Å². The standard InChI is InChI=1S/C14H9Cl2FN4/c15-9-3-1-7(5-10(9)16)12-13(20-21-14(12)18)11-4-2-8(17)6-19-11/h1-6H,(H3,18,20,21). The fourth-order valence-corrected chi connectivity index (χ4v) is 2.31. The summed E-state index contributed by atoms with van der Waals surface area (Å²) in [6.45, 7) is 0. The predicted molar refractivity (Wildman–Crippen MR) is 81.6 cm³/mol. The quantitative estimate of drug-likeness (QED) is 0.744. The molecular formula is C14H9Cl2FN4. The maximum absolute atomic E-state index is 13.0. The molecule has 4 nitrogen and oxygen atoms in total. The summed E-state index contributed by atoms with van der Waals surface area (Å²) in [4.78, 5) is 4.03. The number of aromatic amines is 1. The monoisotopic (exact) mass is 322 g/mol. The van der Waals surface area contributed by atoms with Crippen LogP contribution in [0.2, 0.25) is 10.0 Å². The van der Waals surface area contributed by atoms with E-state index in [4.69, 9.17) is 28.9 Å². The van der Waals surface area contributed by atoms with E-state index >= 15 is 0 Å². The van der Waals surface area contributed by atoms with Crippen LogP contribution in [0.15, 0.2) is 36.5 Å². The number of H-pyrrole nitrogens is 1. The van der Waals surface area contributed by atoms with Gasteiger partial charge in [-0.2, -0.15) is 5.10 Å². The fraction of sp³-hybridized carbons (Fsp3) is 0. The Balaban J connectivity index is 2.16. The topological polar surface area (TPSA) is 67.6 Å². The molecule has 2 aromatic heterocycles. The molecule has 0 atom stereocenters. The minimum atomic E-state index is -0.415. The number of hydrogen-bond donors (Lipinski definition) is 2. The number of nitrogens with zero attached hydrogens (tertiary/aromatic N) is 2. The molecule has 0 bridgehead atoms. The van der Waals surface area contributed by atoms with E-state index in [-0.39, 0.29) is 0 Å². The Morgan fingerprint density at radius 1 is 1.10 bits per heavy atom. The van der Waals surface area contributed by atoms with Gasteiger partial charge in [0.15, 0.2) is 5.82 Å². The third-order valence-electron chi connectivity index (χ3n) is 2.99. The average molecular weight is 323 g/mol. The second-order valence-electron chi connectivity index (χ2n) is 4.35. The normalized spacial score (nSPS) is 10.8. The molecule has 21 heavy (non-hydrogen) atoms. The van der Waals surface area contributed by atoms with Crippen molar-refractivity contribution in [2.45, 2.75) is 0 Å². The summed E-state index contributed by atoms with van der Waals surface area (Å²) in [5.41, 5.74) is 8.42. The van der Waals surface area contributed by atoms with Crippen molar-refractivity contribution in [3.05, 3.63) is 52.4 Å². The highest BCUT2D eigenvalue weighted by Crippen LogP contribution is 2.36. The summed E-state index contributed by atoms with van der Waals surface area (Å²) in [5.74, 6) is -0.114. The molecule has 3 N–H and O–H groups in total. The molecule has 0 fully saturated rings. The van der Waals surface area contributed by atoms with Crippen molar-refractivity contribution in [3.8, 4) is 22.5 Å². The van der Waals surface area contributed by atoms with Gasteiger partial charge in [-0.05, 0) is 29.8 Å². The number of halogens is 3. The molecule has 0 saturated heterocycles. The van der Waals surface area contributed by atoms with Gasteiger partial charge in [0, 0.05) is 0 Å². The lowest BCUT2D eigenvalue weighted by Gasteiger charge is -2.05. The summed E-state index contributed by atoms with van der Waals surface area (Å²) in [5, 5.41) is 7.65. The maximum Gasteiger partial charge on any atom is 0.153 e. The third kappa shape index (κ3) is 2.57. The van der Waals surface area contributed by atoms with Gasteiger partial charge in [-0.25, -0.2) is 4.39 Å². The van der Waals surface area contributed by atoms with Crippen molar-refractivity contribution in [1.82, 2.24) is 15.2 Å². The summed E-state index contributed by atoms with van der Waals surface area (Å²) < 4.78 is 13.0. The highest BCUT2D eigenvalue weighted by atomic mass is 35.5. The van der Waals surface area contributed by atoms with Crippen LogP contribution < -0.4 is 5.73 Å². The van der Waals surface area contributed by atoms with Gasteiger partial charge in [-0.1, -0.05) is 29.3 Å². The van der Waals surface area contributed by atoms with E-state index in [0.717, 1.165) is 11.8 Å². The first-order chi connectivity index (χ1) is 10.1. The molecule has 0 unspecified atom stereocenters. The minimum absolute atomic E-state index is 0.300. The van der Waals surface area contributed by atoms with Crippen LogP contribution in [0.1, 0.15) is 0 Å². The zero-order chi connectivity index (χ0) is 15.0. The van der Waals surface area contributed by atoms with E-state index in [2.05, 4.69) is 15.2 Å². The van der Waals surface area contributed by atoms with E-state index in [9.17, 15) is 4.39 Å². The second kappa shape index (κ2) is 5.35. The lowest BCUT2D eigenvalue weighted by atomic mass is 10.0. The Kier molecular flexibility index (Phi) is 3.53. The van der Waals surface area contributed by atoms with Crippen molar-refractivity contribution < 1.29 is 4.39 Å². The van der Waals surface area contributed by atoms with Crippen LogP contribution in [0.25, 0.3) is 22.5 Å². The molecule has 7 heteroatoms. The average Bonchev–Trinajstić information content (AvgIpc) is 2.85. The highest BCUT2D eigenvalue weighted by Gasteiger charge is 2.16. The van der Waals surface area contributed by atoms with Gasteiger partial charge in [0.05, 0.1) is 33.2 Å². The minimum Gasteiger partial charge on any atom is -0.382 e. The molecule has 1 aromatic carbocycles. The van der Waals surface area contributed by atoms with E-state index in [1.807, 2.05) is 0 Å². The second-order valence-corrected chi connectivity index (χ2v) is 5.16. The maximum atomic E-state index is 13.0. The summed E-state index contributed by atoms with van der Waals surface area (Å²) in [6.07, 6.45) is 1.13. The first-order valence-electron chi connectivity index (χ1n) is 5.97. The number of anilines is 1. The molecule has 0 radical (unpaired) electrons. The number of nitrogens with one attached hydrogen (secondary N) is 1. The number of nitrogen functional groups attached to an aromatic ring is 1. The molecule has 0 aliphatic carbocycles. The Labute approximate surface area is 129 Å². The molecule has 0 aliphatic rings. The molecule has 0 spiro atoms. The van der Waals surface area contributed by atoms with Crippen LogP contribution in [0, 0.1) is 5.82 Å². The van der Waals surface area contributed by atoms with Crippen molar-refractivity contribution in [1.29, 1.82) is 0 Å². The van der Waals surface area contributed by atoms with Crippen molar-refractivity contribution in [2.75, 3.05) is 5.73 Å². The van der Waals surface area contributed by atoms with E-state index in [1.165, 1.54) is 6.07 Å².